The van der Waals surface area contributed by atoms with Crippen molar-refractivity contribution in [2.24, 2.45) is 11.1 Å². The van der Waals surface area contributed by atoms with Crippen LogP contribution < -0.4 is 5.73 Å². The van der Waals surface area contributed by atoms with Crippen molar-refractivity contribution < 1.29 is 14.7 Å². The van der Waals surface area contributed by atoms with Gasteiger partial charge in [0.25, 0.3) is 0 Å². The summed E-state index contributed by atoms with van der Waals surface area (Å²) in [7, 11) is 0. The summed E-state index contributed by atoms with van der Waals surface area (Å²) in [6.07, 6.45) is 3.00. The molecule has 3 N–H and O–H groups in total. The van der Waals surface area contributed by atoms with E-state index in [1.54, 1.807) is 6.07 Å². The van der Waals surface area contributed by atoms with Gasteiger partial charge in [0.1, 0.15) is 5.69 Å². The highest BCUT2D eigenvalue weighted by Crippen LogP contribution is 2.35. The molecule has 0 fully saturated rings. The third kappa shape index (κ3) is 2.43. The second-order valence-electron chi connectivity index (χ2n) is 6.24. The van der Waals surface area contributed by atoms with Gasteiger partial charge in [-0.3, -0.25) is 4.79 Å². The van der Waals surface area contributed by atoms with Gasteiger partial charge < -0.3 is 10.8 Å². The van der Waals surface area contributed by atoms with Gasteiger partial charge in [0.2, 0.25) is 5.91 Å². The van der Waals surface area contributed by atoms with E-state index in [2.05, 4.69) is 11.1 Å². The lowest BCUT2D eigenvalue weighted by atomic mass is 9.81. The topological polar surface area (TPSA) is 93.3 Å². The normalized spacial score (nSPS) is 21.1. The fraction of sp³-hybridized carbons (Fsp3) is 0.353. The average molecular weight is 298 g/mol. The molecule has 1 aliphatic rings. The summed E-state index contributed by atoms with van der Waals surface area (Å²) in [5, 5.41) is 9.97. The van der Waals surface area contributed by atoms with Crippen molar-refractivity contribution in [3.63, 3.8) is 0 Å². The van der Waals surface area contributed by atoms with Crippen LogP contribution in [0.5, 0.6) is 0 Å². The van der Waals surface area contributed by atoms with Crippen LogP contribution in [0.3, 0.4) is 0 Å². The maximum atomic E-state index is 11.7. The predicted molar refractivity (Wildman–Crippen MR) is 82.6 cm³/mol. The Hall–Kier alpha value is -2.43. The molecule has 1 unspecified atom stereocenters. The minimum Gasteiger partial charge on any atom is -0.477 e. The Labute approximate surface area is 128 Å². The Bertz CT molecular complexity index is 785. The molecule has 2 aromatic rings. The lowest BCUT2D eigenvalue weighted by molar-refractivity contribution is -0.127. The van der Waals surface area contributed by atoms with Gasteiger partial charge in [-0.2, -0.15) is 0 Å². The van der Waals surface area contributed by atoms with Crippen LogP contribution >= 0.6 is 0 Å². The number of hydrogen-bond acceptors (Lipinski definition) is 3. The molecule has 1 amide bonds. The maximum absolute atomic E-state index is 11.7. The van der Waals surface area contributed by atoms with Crippen molar-refractivity contribution in [1.29, 1.82) is 0 Å². The number of carboxylic acids is 1. The van der Waals surface area contributed by atoms with Crippen molar-refractivity contribution in [2.45, 2.75) is 32.6 Å². The number of aromatic carboxylic acids is 1. The van der Waals surface area contributed by atoms with Crippen molar-refractivity contribution in [3.8, 4) is 0 Å². The van der Waals surface area contributed by atoms with Crippen LogP contribution in [0, 0.1) is 5.41 Å². The van der Waals surface area contributed by atoms with Crippen molar-refractivity contribution >= 4 is 22.8 Å². The number of aryl methyl sites for hydroxylation is 2. The largest absolute Gasteiger partial charge is 0.477 e. The number of hydrogen-bond donors (Lipinski definition) is 2. The fourth-order valence-electron chi connectivity index (χ4n) is 3.04. The van der Waals surface area contributed by atoms with Gasteiger partial charge >= 0.3 is 5.97 Å². The first kappa shape index (κ1) is 14.5. The first-order valence-corrected chi connectivity index (χ1v) is 7.35. The van der Waals surface area contributed by atoms with E-state index in [4.69, 9.17) is 10.8 Å². The standard InChI is InChI=1S/C17H18N2O3/c1-17(16(18)22)6-4-10-8-12-2-3-13(15(20)21)19-14(12)9-11(10)5-7-17/h2-3,8-9H,4-7H2,1H3,(H2,18,22)(H,20,21). The molecule has 0 radical (unpaired) electrons. The Morgan fingerprint density at radius 2 is 1.82 bits per heavy atom. The van der Waals surface area contributed by atoms with E-state index in [0.29, 0.717) is 11.9 Å². The minimum atomic E-state index is -1.03. The summed E-state index contributed by atoms with van der Waals surface area (Å²) in [6, 6.07) is 7.30. The number of nitrogens with two attached hydrogens (primary N) is 1. The molecule has 1 heterocycles. The second-order valence-corrected chi connectivity index (χ2v) is 6.24. The predicted octanol–water partition coefficient (Wildman–Crippen LogP) is 2.30. The molecule has 0 saturated carbocycles. The number of amides is 1. The number of aromatic nitrogens is 1. The van der Waals surface area contributed by atoms with Gasteiger partial charge in [-0.1, -0.05) is 13.0 Å². The molecule has 114 valence electrons. The van der Waals surface area contributed by atoms with Crippen molar-refractivity contribution in [1.82, 2.24) is 4.98 Å². The van der Waals surface area contributed by atoms with Crippen LogP contribution in [0.25, 0.3) is 10.9 Å². The molecule has 1 aromatic carbocycles. The van der Waals surface area contributed by atoms with Gasteiger partial charge in [-0.05, 0) is 55.0 Å². The average Bonchev–Trinajstić information content (AvgIpc) is 2.65. The number of benzene rings is 1. The highest BCUT2D eigenvalue weighted by Gasteiger charge is 2.33. The van der Waals surface area contributed by atoms with Gasteiger partial charge in [-0.25, -0.2) is 9.78 Å². The van der Waals surface area contributed by atoms with Gasteiger partial charge in [0, 0.05) is 10.8 Å². The van der Waals surface area contributed by atoms with E-state index in [1.165, 1.54) is 11.6 Å². The molecular formula is C17H18N2O3. The third-order valence-electron chi connectivity index (χ3n) is 4.72. The van der Waals surface area contributed by atoms with Crippen LogP contribution in [-0.4, -0.2) is 22.0 Å². The van der Waals surface area contributed by atoms with Gasteiger partial charge in [0.15, 0.2) is 0 Å². The minimum absolute atomic E-state index is 0.0445. The number of fused-ring (bicyclic) bond motifs is 2. The number of carboxylic acid groups (broad SMARTS) is 1. The quantitative estimate of drug-likeness (QED) is 0.832. The van der Waals surface area contributed by atoms with Gasteiger partial charge in [-0.15, -0.1) is 0 Å². The molecule has 0 aliphatic heterocycles. The summed E-state index contributed by atoms with van der Waals surface area (Å²) in [4.78, 5) is 26.9. The maximum Gasteiger partial charge on any atom is 0.354 e. The number of pyridine rings is 1. The van der Waals surface area contributed by atoms with Crippen LogP contribution in [0.4, 0.5) is 0 Å². The molecule has 1 aromatic heterocycles. The monoisotopic (exact) mass is 298 g/mol. The SMILES string of the molecule is CC1(C(N)=O)CCc2cc3ccc(C(=O)O)nc3cc2CC1. The third-order valence-corrected chi connectivity index (χ3v) is 4.72. The number of carbonyl (C=O) groups excluding carboxylic acids is 1. The molecule has 3 rings (SSSR count). The van der Waals surface area contributed by atoms with Crippen LogP contribution in [-0.2, 0) is 17.6 Å². The Morgan fingerprint density at radius 1 is 1.18 bits per heavy atom. The van der Waals surface area contributed by atoms with Crippen molar-refractivity contribution in [3.05, 3.63) is 41.1 Å². The Kier molecular flexibility index (Phi) is 3.35. The number of rotatable bonds is 2. The second kappa shape index (κ2) is 5.09. The molecule has 22 heavy (non-hydrogen) atoms. The van der Waals surface area contributed by atoms with E-state index in [-0.39, 0.29) is 11.6 Å². The highest BCUT2D eigenvalue weighted by atomic mass is 16.4. The zero-order valence-corrected chi connectivity index (χ0v) is 12.4. The smallest absolute Gasteiger partial charge is 0.354 e. The van der Waals surface area contributed by atoms with E-state index >= 15 is 0 Å². The summed E-state index contributed by atoms with van der Waals surface area (Å²) in [5.74, 6) is -1.28. The molecule has 0 spiro atoms. The van der Waals surface area contributed by atoms with Crippen LogP contribution in [0.2, 0.25) is 0 Å². The number of primary amides is 1. The summed E-state index contributed by atoms with van der Waals surface area (Å²) >= 11 is 0. The van der Waals surface area contributed by atoms with E-state index in [1.807, 2.05) is 13.0 Å². The molecule has 5 heteroatoms. The molecule has 0 bridgehead atoms. The summed E-state index contributed by atoms with van der Waals surface area (Å²) < 4.78 is 0. The first-order chi connectivity index (χ1) is 10.4. The Morgan fingerprint density at radius 3 is 2.41 bits per heavy atom. The molecule has 5 nitrogen and oxygen atoms in total. The Balaban J connectivity index is 2.04. The van der Waals surface area contributed by atoms with E-state index in [0.717, 1.165) is 30.2 Å². The zero-order chi connectivity index (χ0) is 15.9. The summed E-state index contributed by atoms with van der Waals surface area (Å²) in [5.41, 5.74) is 8.12. The molecule has 1 aliphatic carbocycles. The van der Waals surface area contributed by atoms with Crippen LogP contribution in [0.1, 0.15) is 41.4 Å². The zero-order valence-electron chi connectivity index (χ0n) is 12.4. The highest BCUT2D eigenvalue weighted by molar-refractivity contribution is 5.90. The number of carbonyl (C=O) groups is 2. The molecule has 0 saturated heterocycles. The van der Waals surface area contributed by atoms with Gasteiger partial charge in [0.05, 0.1) is 5.52 Å². The summed E-state index contributed by atoms with van der Waals surface area (Å²) in [6.45, 7) is 1.92. The molecule has 1 atom stereocenters. The number of nitrogens with zero attached hydrogens (tertiary/aromatic N) is 1. The van der Waals surface area contributed by atoms with E-state index < -0.39 is 11.4 Å². The van der Waals surface area contributed by atoms with Crippen molar-refractivity contribution in [2.75, 3.05) is 0 Å². The first-order valence-electron chi connectivity index (χ1n) is 7.35. The molecular weight excluding hydrogens is 280 g/mol. The van der Waals surface area contributed by atoms with E-state index in [9.17, 15) is 9.59 Å². The lowest BCUT2D eigenvalue weighted by Crippen LogP contribution is -2.34. The van der Waals surface area contributed by atoms with Crippen LogP contribution in [0.15, 0.2) is 24.3 Å². The fourth-order valence-corrected chi connectivity index (χ4v) is 3.04. The lowest BCUT2D eigenvalue weighted by Gasteiger charge is -2.23.